The maximum Gasteiger partial charge on any atom is 0.426 e. The van der Waals surface area contributed by atoms with Crippen molar-refractivity contribution < 1.29 is 4.42 Å². The van der Waals surface area contributed by atoms with Crippen LogP contribution in [-0.4, -0.2) is 18.7 Å². The van der Waals surface area contributed by atoms with Crippen molar-refractivity contribution in [2.75, 3.05) is 19.0 Å². The van der Waals surface area contributed by atoms with E-state index in [-0.39, 0.29) is 5.58 Å². The van der Waals surface area contributed by atoms with Crippen molar-refractivity contribution in [2.24, 2.45) is 0 Å². The lowest BCUT2D eigenvalue weighted by molar-refractivity contribution is 0.504. The quantitative estimate of drug-likeness (QED) is 0.729. The van der Waals surface area contributed by atoms with Crippen LogP contribution in [0.3, 0.4) is 0 Å². The first kappa shape index (κ1) is 14.4. The first-order valence-electron chi connectivity index (χ1n) is 6.60. The number of aromatic nitrogens is 1. The average Bonchev–Trinajstić information content (AvgIpc) is 2.47. The van der Waals surface area contributed by atoms with Crippen LogP contribution in [0.4, 0.5) is 5.69 Å². The summed E-state index contributed by atoms with van der Waals surface area (Å²) >= 11 is 5.85. The van der Waals surface area contributed by atoms with E-state index in [1.165, 1.54) is 6.07 Å². The van der Waals surface area contributed by atoms with Crippen LogP contribution in [0.25, 0.3) is 16.7 Å². The summed E-state index contributed by atoms with van der Waals surface area (Å²) in [5.74, 6) is -0.739. The molecule has 0 fully saturated rings. The maximum atomic E-state index is 12.5. The predicted molar refractivity (Wildman–Crippen MR) is 87.4 cm³/mol. The first-order valence-corrected chi connectivity index (χ1v) is 6.98. The van der Waals surface area contributed by atoms with Crippen LogP contribution in [0.5, 0.6) is 0 Å². The third-order valence-electron chi connectivity index (χ3n) is 3.38. The Morgan fingerprint density at radius 2 is 1.73 bits per heavy atom. The Hall–Kier alpha value is -2.53. The molecule has 22 heavy (non-hydrogen) atoms. The number of hydrogen-bond acceptors (Lipinski definition) is 4. The van der Waals surface area contributed by atoms with Crippen LogP contribution >= 0.6 is 11.6 Å². The van der Waals surface area contributed by atoms with E-state index in [0.717, 1.165) is 10.3 Å². The van der Waals surface area contributed by atoms with E-state index in [9.17, 15) is 9.59 Å². The van der Waals surface area contributed by atoms with Gasteiger partial charge in [0.15, 0.2) is 0 Å². The molecule has 0 atom stereocenters. The molecule has 1 heterocycles. The molecule has 0 bridgehead atoms. The minimum atomic E-state index is -0.739. The second-order valence-corrected chi connectivity index (χ2v) is 5.50. The predicted octanol–water partition coefficient (Wildman–Crippen LogP) is 2.66. The van der Waals surface area contributed by atoms with Gasteiger partial charge < -0.3 is 9.32 Å². The van der Waals surface area contributed by atoms with E-state index in [1.54, 1.807) is 24.3 Å². The summed E-state index contributed by atoms with van der Waals surface area (Å²) in [6.45, 7) is 0. The summed E-state index contributed by atoms with van der Waals surface area (Å²) in [5.41, 5.74) is 1.18. The van der Waals surface area contributed by atoms with Crippen LogP contribution in [0.15, 0.2) is 56.5 Å². The Bertz CT molecular complexity index is 956. The fourth-order valence-electron chi connectivity index (χ4n) is 2.22. The van der Waals surface area contributed by atoms with Gasteiger partial charge in [-0.2, -0.15) is 0 Å². The molecule has 6 heteroatoms. The molecule has 0 unspecified atom stereocenters. The van der Waals surface area contributed by atoms with Gasteiger partial charge in [0.25, 0.3) is 5.56 Å². The summed E-state index contributed by atoms with van der Waals surface area (Å²) in [5, 5.41) is 0.712. The highest BCUT2D eigenvalue weighted by Gasteiger charge is 2.12. The summed E-state index contributed by atoms with van der Waals surface area (Å²) in [6.07, 6.45) is 0. The van der Waals surface area contributed by atoms with Gasteiger partial charge in [-0.3, -0.25) is 4.79 Å². The minimum absolute atomic E-state index is 0.184. The molecular formula is C16H13ClN2O3. The monoisotopic (exact) mass is 316 g/mol. The van der Waals surface area contributed by atoms with E-state index in [1.807, 2.05) is 31.1 Å². The Kier molecular flexibility index (Phi) is 3.50. The van der Waals surface area contributed by atoms with Gasteiger partial charge >= 0.3 is 5.76 Å². The number of rotatable bonds is 2. The zero-order valence-electron chi connectivity index (χ0n) is 12.0. The Balaban J connectivity index is 2.25. The molecule has 0 saturated heterocycles. The highest BCUT2D eigenvalue weighted by Crippen LogP contribution is 2.17. The van der Waals surface area contributed by atoms with Crippen LogP contribution in [0.1, 0.15) is 0 Å². The van der Waals surface area contributed by atoms with E-state index >= 15 is 0 Å². The molecule has 112 valence electrons. The van der Waals surface area contributed by atoms with Gasteiger partial charge in [0.1, 0.15) is 5.58 Å². The summed E-state index contributed by atoms with van der Waals surface area (Å²) in [7, 11) is 3.82. The smallest absolute Gasteiger partial charge is 0.409 e. The molecular weight excluding hydrogens is 304 g/mol. The first-order chi connectivity index (χ1) is 10.5. The molecule has 0 radical (unpaired) electrons. The zero-order chi connectivity index (χ0) is 15.9. The number of benzene rings is 2. The van der Waals surface area contributed by atoms with Gasteiger partial charge in [-0.05, 0) is 36.4 Å². The Morgan fingerprint density at radius 1 is 1.05 bits per heavy atom. The number of anilines is 1. The lowest BCUT2D eigenvalue weighted by Gasteiger charge is -2.13. The summed E-state index contributed by atoms with van der Waals surface area (Å²) < 4.78 is 6.21. The lowest BCUT2D eigenvalue weighted by Crippen LogP contribution is -2.30. The van der Waals surface area contributed by atoms with Crippen molar-refractivity contribution in [1.29, 1.82) is 0 Å². The van der Waals surface area contributed by atoms with E-state index in [4.69, 9.17) is 16.0 Å². The van der Waals surface area contributed by atoms with Crippen LogP contribution in [0, 0.1) is 0 Å². The van der Waals surface area contributed by atoms with Gasteiger partial charge in [0.2, 0.25) is 0 Å². The molecule has 0 saturated carbocycles. The molecule has 0 aliphatic heterocycles. The lowest BCUT2D eigenvalue weighted by atomic mass is 10.2. The average molecular weight is 317 g/mol. The molecule has 3 aromatic rings. The van der Waals surface area contributed by atoms with Crippen molar-refractivity contribution in [3.05, 3.63) is 68.4 Å². The highest BCUT2D eigenvalue weighted by atomic mass is 35.5. The van der Waals surface area contributed by atoms with E-state index in [2.05, 4.69) is 0 Å². The molecule has 0 N–H and O–H groups in total. The van der Waals surface area contributed by atoms with E-state index in [0.29, 0.717) is 16.1 Å². The normalized spacial score (nSPS) is 10.9. The van der Waals surface area contributed by atoms with Crippen molar-refractivity contribution in [3.8, 4) is 5.69 Å². The standard InChI is InChI=1S/C16H13ClN2O3/c1-18(2)11-4-6-12(7-5-11)19-15(20)13-8-3-10(17)9-14(13)22-16(19)21/h3-9H,1-2H3. The SMILES string of the molecule is CN(C)c1ccc(-n2c(=O)oc3cc(Cl)ccc3c2=O)cc1. The summed E-state index contributed by atoms with van der Waals surface area (Å²) in [6, 6.07) is 11.7. The molecule has 5 nitrogen and oxygen atoms in total. The van der Waals surface area contributed by atoms with E-state index < -0.39 is 11.3 Å². The second-order valence-electron chi connectivity index (χ2n) is 5.06. The molecule has 0 aliphatic rings. The number of hydrogen-bond donors (Lipinski definition) is 0. The van der Waals surface area contributed by atoms with Crippen LogP contribution < -0.4 is 16.2 Å². The maximum absolute atomic E-state index is 12.5. The molecule has 2 aromatic carbocycles. The third kappa shape index (κ3) is 2.40. The third-order valence-corrected chi connectivity index (χ3v) is 3.62. The minimum Gasteiger partial charge on any atom is -0.409 e. The number of halogens is 1. The van der Waals surface area contributed by atoms with Crippen LogP contribution in [0.2, 0.25) is 5.02 Å². The molecule has 0 spiro atoms. The van der Waals surface area contributed by atoms with Gasteiger partial charge in [-0.25, -0.2) is 9.36 Å². The summed E-state index contributed by atoms with van der Waals surface area (Å²) in [4.78, 5) is 26.6. The number of fused-ring (bicyclic) bond motifs is 1. The number of nitrogens with zero attached hydrogens (tertiary/aromatic N) is 2. The van der Waals surface area contributed by atoms with Crippen molar-refractivity contribution in [2.45, 2.75) is 0 Å². The second kappa shape index (κ2) is 5.35. The van der Waals surface area contributed by atoms with Gasteiger partial charge in [0, 0.05) is 30.9 Å². The van der Waals surface area contributed by atoms with Crippen LogP contribution in [-0.2, 0) is 0 Å². The van der Waals surface area contributed by atoms with Gasteiger partial charge in [-0.15, -0.1) is 0 Å². The van der Waals surface area contributed by atoms with Gasteiger partial charge in [-0.1, -0.05) is 11.6 Å². The molecule has 1 aromatic heterocycles. The highest BCUT2D eigenvalue weighted by molar-refractivity contribution is 6.31. The zero-order valence-corrected chi connectivity index (χ0v) is 12.8. The van der Waals surface area contributed by atoms with Crippen molar-refractivity contribution in [3.63, 3.8) is 0 Å². The largest absolute Gasteiger partial charge is 0.426 e. The topological polar surface area (TPSA) is 55.5 Å². The van der Waals surface area contributed by atoms with Crippen molar-refractivity contribution in [1.82, 2.24) is 4.57 Å². The molecule has 3 rings (SSSR count). The van der Waals surface area contributed by atoms with Gasteiger partial charge in [0.05, 0.1) is 11.1 Å². The Labute approximate surface area is 131 Å². The molecule has 0 aliphatic carbocycles. The Morgan fingerprint density at radius 3 is 2.36 bits per heavy atom. The van der Waals surface area contributed by atoms with Crippen molar-refractivity contribution >= 4 is 28.3 Å². The molecule has 0 amide bonds. The fraction of sp³-hybridized carbons (Fsp3) is 0.125. The fourth-order valence-corrected chi connectivity index (χ4v) is 2.38.